The molecule has 1 aromatic rings. The lowest BCUT2D eigenvalue weighted by atomic mass is 10.0. The zero-order valence-corrected chi connectivity index (χ0v) is 18.8. The monoisotopic (exact) mass is 494 g/mol. The van der Waals surface area contributed by atoms with Crippen LogP contribution < -0.4 is 15.4 Å². The first-order valence-electron chi connectivity index (χ1n) is 9.24. The third kappa shape index (κ3) is 8.61. The molecular formula is C19H32FIN4O2. The topological polar surface area (TPSA) is 58.1 Å². The molecule has 1 saturated heterocycles. The molecule has 0 spiro atoms. The Bertz CT molecular complexity index is 581. The fraction of sp³-hybridized carbons (Fsp3) is 0.632. The maximum absolute atomic E-state index is 13.1. The summed E-state index contributed by atoms with van der Waals surface area (Å²) in [6.07, 6.45) is 0. The Morgan fingerprint density at radius 2 is 2.04 bits per heavy atom. The smallest absolute Gasteiger partial charge is 0.191 e. The van der Waals surface area contributed by atoms with Crippen molar-refractivity contribution in [1.29, 1.82) is 0 Å². The average molecular weight is 494 g/mol. The second-order valence-corrected chi connectivity index (χ2v) is 6.84. The summed E-state index contributed by atoms with van der Waals surface area (Å²) in [6.45, 7) is 12.4. The first-order chi connectivity index (χ1) is 12.5. The Balaban J connectivity index is 0.00000364. The molecule has 27 heavy (non-hydrogen) atoms. The van der Waals surface area contributed by atoms with Crippen molar-refractivity contribution < 1.29 is 13.9 Å². The van der Waals surface area contributed by atoms with E-state index < -0.39 is 0 Å². The second kappa shape index (κ2) is 12.4. The normalized spacial score (nSPS) is 15.8. The fourth-order valence-electron chi connectivity index (χ4n) is 2.78. The highest BCUT2D eigenvalue weighted by Gasteiger charge is 2.28. The van der Waals surface area contributed by atoms with Crippen LogP contribution >= 0.6 is 24.0 Å². The van der Waals surface area contributed by atoms with Gasteiger partial charge in [0.25, 0.3) is 0 Å². The van der Waals surface area contributed by atoms with E-state index in [1.165, 1.54) is 12.1 Å². The van der Waals surface area contributed by atoms with E-state index >= 15 is 0 Å². The van der Waals surface area contributed by atoms with Gasteiger partial charge in [0.2, 0.25) is 0 Å². The van der Waals surface area contributed by atoms with Crippen molar-refractivity contribution in [1.82, 2.24) is 15.5 Å². The van der Waals surface area contributed by atoms with E-state index in [2.05, 4.69) is 29.4 Å². The van der Waals surface area contributed by atoms with Gasteiger partial charge in [-0.2, -0.15) is 0 Å². The van der Waals surface area contributed by atoms with E-state index in [1.54, 1.807) is 12.1 Å². The van der Waals surface area contributed by atoms with Gasteiger partial charge in [-0.15, -0.1) is 24.0 Å². The molecule has 1 aromatic carbocycles. The van der Waals surface area contributed by atoms with E-state index in [0.717, 1.165) is 38.8 Å². The zero-order valence-electron chi connectivity index (χ0n) is 16.5. The summed E-state index contributed by atoms with van der Waals surface area (Å²) in [5, 5.41) is 6.50. The van der Waals surface area contributed by atoms with Crippen molar-refractivity contribution in [2.75, 3.05) is 52.5 Å². The first-order valence-corrected chi connectivity index (χ1v) is 9.24. The van der Waals surface area contributed by atoms with Crippen LogP contribution in [-0.2, 0) is 4.74 Å². The van der Waals surface area contributed by atoms with E-state index in [9.17, 15) is 4.39 Å². The van der Waals surface area contributed by atoms with Gasteiger partial charge >= 0.3 is 0 Å². The molecule has 1 fully saturated rings. The highest BCUT2D eigenvalue weighted by molar-refractivity contribution is 14.0. The van der Waals surface area contributed by atoms with E-state index in [4.69, 9.17) is 14.5 Å². The molecule has 1 heterocycles. The van der Waals surface area contributed by atoms with Crippen LogP contribution in [0.1, 0.15) is 20.8 Å². The third-order valence-corrected chi connectivity index (χ3v) is 4.29. The lowest BCUT2D eigenvalue weighted by Crippen LogP contribution is -2.52. The summed E-state index contributed by atoms with van der Waals surface area (Å²) in [5.41, 5.74) is -0.0236. The lowest BCUT2D eigenvalue weighted by molar-refractivity contribution is -0.00683. The molecule has 0 unspecified atom stereocenters. The molecule has 0 aliphatic carbocycles. The van der Waals surface area contributed by atoms with Gasteiger partial charge < -0.3 is 20.1 Å². The molecular weight excluding hydrogens is 462 g/mol. The minimum atomic E-state index is -0.296. The fourth-order valence-corrected chi connectivity index (χ4v) is 2.78. The molecule has 0 aromatic heterocycles. The van der Waals surface area contributed by atoms with Crippen LogP contribution in [0.5, 0.6) is 5.75 Å². The largest absolute Gasteiger partial charge is 0.492 e. The number of morpholine rings is 1. The number of aliphatic imine (C=N–C) groups is 1. The highest BCUT2D eigenvalue weighted by Crippen LogP contribution is 2.16. The number of ether oxygens (including phenoxy) is 2. The Labute approximate surface area is 178 Å². The molecule has 1 aliphatic rings. The van der Waals surface area contributed by atoms with Gasteiger partial charge in [-0.05, 0) is 32.9 Å². The molecule has 0 radical (unpaired) electrons. The number of nitrogens with one attached hydrogen (secondary N) is 2. The van der Waals surface area contributed by atoms with Gasteiger partial charge in [0.15, 0.2) is 5.96 Å². The van der Waals surface area contributed by atoms with Crippen LogP contribution in [0.2, 0.25) is 0 Å². The van der Waals surface area contributed by atoms with E-state index in [0.29, 0.717) is 25.4 Å². The lowest BCUT2D eigenvalue weighted by Gasteiger charge is -2.39. The summed E-state index contributed by atoms with van der Waals surface area (Å²) in [6, 6.07) is 6.16. The number of nitrogens with zero attached hydrogens (tertiary/aromatic N) is 2. The van der Waals surface area contributed by atoms with Crippen LogP contribution in [0.15, 0.2) is 29.3 Å². The number of guanidine groups is 1. The molecule has 1 aliphatic heterocycles. The molecule has 6 nitrogen and oxygen atoms in total. The minimum absolute atomic E-state index is 0. The molecule has 0 saturated carbocycles. The maximum atomic E-state index is 13.1. The van der Waals surface area contributed by atoms with Crippen molar-refractivity contribution in [3.05, 3.63) is 30.1 Å². The van der Waals surface area contributed by atoms with Crippen molar-refractivity contribution in [3.63, 3.8) is 0 Å². The van der Waals surface area contributed by atoms with Crippen molar-refractivity contribution in [2.24, 2.45) is 4.99 Å². The molecule has 0 atom stereocenters. The minimum Gasteiger partial charge on any atom is -0.492 e. The third-order valence-electron chi connectivity index (χ3n) is 4.29. The summed E-state index contributed by atoms with van der Waals surface area (Å²) >= 11 is 0. The van der Waals surface area contributed by atoms with Crippen LogP contribution in [0.25, 0.3) is 0 Å². The molecule has 154 valence electrons. The van der Waals surface area contributed by atoms with Gasteiger partial charge in [-0.1, -0.05) is 6.07 Å². The number of hydrogen-bond donors (Lipinski definition) is 2. The van der Waals surface area contributed by atoms with Gasteiger partial charge in [-0.3, -0.25) is 9.89 Å². The van der Waals surface area contributed by atoms with Gasteiger partial charge in [0, 0.05) is 31.2 Å². The number of halogens is 2. The SMILES string of the molecule is CCNC(=NCC(C)(C)N1CCOCC1)NCCOc1cccc(F)c1.I. The molecule has 2 rings (SSSR count). The van der Waals surface area contributed by atoms with Crippen LogP contribution in [-0.4, -0.2) is 68.9 Å². The maximum Gasteiger partial charge on any atom is 0.191 e. The molecule has 0 amide bonds. The Morgan fingerprint density at radius 3 is 2.70 bits per heavy atom. The zero-order chi connectivity index (χ0) is 18.8. The highest BCUT2D eigenvalue weighted by atomic mass is 127. The average Bonchev–Trinajstić information content (AvgIpc) is 2.64. The van der Waals surface area contributed by atoms with Crippen molar-refractivity contribution >= 4 is 29.9 Å². The Kier molecular flexibility index (Phi) is 10.9. The van der Waals surface area contributed by atoms with Gasteiger partial charge in [0.05, 0.1) is 26.3 Å². The standard InChI is InChI=1S/C19H31FN4O2.HI/c1-4-21-18(22-8-11-26-17-7-5-6-16(20)14-17)23-15-19(2,3)24-9-12-25-13-10-24;/h5-7,14H,4,8-13,15H2,1-3H3,(H2,21,22,23);1H. The predicted octanol–water partition coefficient (Wildman–Crippen LogP) is 2.49. The molecule has 8 heteroatoms. The van der Waals surface area contributed by atoms with Gasteiger partial charge in [0.1, 0.15) is 18.2 Å². The van der Waals surface area contributed by atoms with Crippen LogP contribution in [0, 0.1) is 5.82 Å². The van der Waals surface area contributed by atoms with Crippen molar-refractivity contribution in [3.8, 4) is 5.75 Å². The summed E-state index contributed by atoms with van der Waals surface area (Å²) < 4.78 is 24.1. The van der Waals surface area contributed by atoms with Crippen molar-refractivity contribution in [2.45, 2.75) is 26.3 Å². The van der Waals surface area contributed by atoms with E-state index in [-0.39, 0.29) is 35.3 Å². The summed E-state index contributed by atoms with van der Waals surface area (Å²) in [4.78, 5) is 7.13. The van der Waals surface area contributed by atoms with E-state index in [1.807, 2.05) is 6.92 Å². The predicted molar refractivity (Wildman–Crippen MR) is 118 cm³/mol. The number of hydrogen-bond acceptors (Lipinski definition) is 4. The first kappa shape index (κ1) is 23.9. The van der Waals surface area contributed by atoms with Crippen LogP contribution in [0.4, 0.5) is 4.39 Å². The summed E-state index contributed by atoms with van der Waals surface area (Å²) in [5.74, 6) is 0.995. The molecule has 0 bridgehead atoms. The Hall–Kier alpha value is -1.13. The van der Waals surface area contributed by atoms with Gasteiger partial charge in [-0.25, -0.2) is 4.39 Å². The van der Waals surface area contributed by atoms with Crippen LogP contribution in [0.3, 0.4) is 0 Å². The number of rotatable bonds is 8. The second-order valence-electron chi connectivity index (χ2n) is 6.84. The summed E-state index contributed by atoms with van der Waals surface area (Å²) in [7, 11) is 0. The number of benzene rings is 1. The quantitative estimate of drug-likeness (QED) is 0.252. The molecule has 2 N–H and O–H groups in total. The Morgan fingerprint density at radius 1 is 1.30 bits per heavy atom.